The smallest absolute Gasteiger partial charge is 0.0406 e. The number of hydrogen-bond acceptors (Lipinski definition) is 0. The predicted octanol–water partition coefficient (Wildman–Crippen LogP) is 9.25. The highest BCUT2D eigenvalue weighted by Gasteiger charge is 2.30. The van der Waals surface area contributed by atoms with E-state index in [1.54, 1.807) is 12.8 Å². The van der Waals surface area contributed by atoms with Gasteiger partial charge in [-0.2, -0.15) is 0 Å². The quantitative estimate of drug-likeness (QED) is 0.342. The predicted molar refractivity (Wildman–Crippen MR) is 124 cm³/mol. The van der Waals surface area contributed by atoms with E-state index in [0.717, 1.165) is 28.7 Å². The van der Waals surface area contributed by atoms with Crippen LogP contribution in [-0.4, -0.2) is 0 Å². The van der Waals surface area contributed by atoms with Crippen molar-refractivity contribution in [1.82, 2.24) is 0 Å². The van der Waals surface area contributed by atoms with Crippen molar-refractivity contribution in [3.63, 3.8) is 0 Å². The monoisotopic (exact) mass is 402 g/mol. The molecule has 1 heteroatoms. The molecule has 0 unspecified atom stereocenters. The first-order chi connectivity index (χ1) is 13.7. The number of unbranched alkanes of at least 4 members (excludes halogenated alkanes) is 4. The average Bonchev–Trinajstić information content (AvgIpc) is 2.74. The topological polar surface area (TPSA) is 0 Å². The normalized spacial score (nSPS) is 28.4. The van der Waals surface area contributed by atoms with Crippen LogP contribution < -0.4 is 0 Å². The Morgan fingerprint density at radius 3 is 1.79 bits per heavy atom. The number of hydrogen-bond donors (Lipinski definition) is 0. The Morgan fingerprint density at radius 1 is 0.679 bits per heavy atom. The zero-order valence-corrected chi connectivity index (χ0v) is 19.1. The minimum Gasteiger partial charge on any atom is -0.0843 e. The fourth-order valence-corrected chi connectivity index (χ4v) is 6.08. The van der Waals surface area contributed by atoms with Gasteiger partial charge in [-0.3, -0.25) is 0 Å². The summed E-state index contributed by atoms with van der Waals surface area (Å²) in [6.45, 7) is 2.31. The Balaban J connectivity index is 1.27. The molecular weight excluding hydrogens is 360 g/mol. The zero-order chi connectivity index (χ0) is 19.6. The van der Waals surface area contributed by atoms with Gasteiger partial charge in [0, 0.05) is 5.02 Å². The minimum atomic E-state index is 0.857. The van der Waals surface area contributed by atoms with Crippen molar-refractivity contribution in [2.24, 2.45) is 23.7 Å². The van der Waals surface area contributed by atoms with Gasteiger partial charge in [0.25, 0.3) is 0 Å². The first kappa shape index (κ1) is 22.2. The molecule has 1 aromatic carbocycles. The Bertz CT molecular complexity index is 518. The highest BCUT2D eigenvalue weighted by Crippen LogP contribution is 2.43. The van der Waals surface area contributed by atoms with E-state index in [9.17, 15) is 0 Å². The lowest BCUT2D eigenvalue weighted by molar-refractivity contribution is 0.140. The van der Waals surface area contributed by atoms with Crippen molar-refractivity contribution in [2.75, 3.05) is 0 Å². The summed E-state index contributed by atoms with van der Waals surface area (Å²) in [5.41, 5.74) is 1.46. The third-order valence-corrected chi connectivity index (χ3v) is 8.17. The van der Waals surface area contributed by atoms with Crippen LogP contribution in [0.1, 0.15) is 109 Å². The second-order valence-electron chi connectivity index (χ2n) is 9.93. The molecule has 1 aromatic rings. The second kappa shape index (κ2) is 12.3. The summed E-state index contributed by atoms with van der Waals surface area (Å²) in [6.07, 6.45) is 23.5. The molecule has 0 radical (unpaired) electrons. The average molecular weight is 403 g/mol. The maximum Gasteiger partial charge on any atom is 0.0406 e. The van der Waals surface area contributed by atoms with Crippen LogP contribution in [0.25, 0.3) is 0 Å². The van der Waals surface area contributed by atoms with Crippen LogP contribution in [0, 0.1) is 23.7 Å². The number of benzene rings is 1. The maximum absolute atomic E-state index is 6.00. The standard InChI is InChI=1S/C27H43Cl/c1-2-3-4-5-6-7-22-10-16-25(17-11-22)26-18-12-23(13-19-26)8-9-24-14-20-27(28)21-15-24/h14-15,20-23,25-26H,2-13,16-19H2,1H3. The summed E-state index contributed by atoms with van der Waals surface area (Å²) in [6, 6.07) is 8.48. The summed E-state index contributed by atoms with van der Waals surface area (Å²) in [5, 5.41) is 0.857. The van der Waals surface area contributed by atoms with E-state index in [-0.39, 0.29) is 0 Å². The first-order valence-electron chi connectivity index (χ1n) is 12.5. The van der Waals surface area contributed by atoms with Crippen molar-refractivity contribution in [1.29, 1.82) is 0 Å². The lowest BCUT2D eigenvalue weighted by atomic mass is 9.68. The third-order valence-electron chi connectivity index (χ3n) is 7.92. The van der Waals surface area contributed by atoms with Crippen molar-refractivity contribution in [3.8, 4) is 0 Å². The van der Waals surface area contributed by atoms with Crippen LogP contribution >= 0.6 is 11.6 Å². The lowest BCUT2D eigenvalue weighted by Gasteiger charge is -2.38. The molecule has 0 spiro atoms. The molecule has 0 saturated heterocycles. The maximum atomic E-state index is 6.00. The molecule has 0 N–H and O–H groups in total. The molecule has 28 heavy (non-hydrogen) atoms. The molecule has 2 aliphatic rings. The van der Waals surface area contributed by atoms with Gasteiger partial charge in [0.05, 0.1) is 0 Å². The van der Waals surface area contributed by atoms with Crippen molar-refractivity contribution < 1.29 is 0 Å². The molecule has 0 aromatic heterocycles. The summed E-state index contributed by atoms with van der Waals surface area (Å²) in [7, 11) is 0. The molecule has 0 nitrogen and oxygen atoms in total. The van der Waals surface area contributed by atoms with Crippen LogP contribution in [0.3, 0.4) is 0 Å². The van der Waals surface area contributed by atoms with Gasteiger partial charge in [-0.1, -0.05) is 94.9 Å². The molecule has 0 bridgehead atoms. The Labute approximate surface area is 179 Å². The van der Waals surface area contributed by atoms with E-state index in [2.05, 4.69) is 19.1 Å². The van der Waals surface area contributed by atoms with E-state index >= 15 is 0 Å². The van der Waals surface area contributed by atoms with Gasteiger partial charge >= 0.3 is 0 Å². The lowest BCUT2D eigenvalue weighted by Crippen LogP contribution is -2.26. The highest BCUT2D eigenvalue weighted by molar-refractivity contribution is 6.30. The molecule has 2 aliphatic carbocycles. The van der Waals surface area contributed by atoms with Crippen LogP contribution in [0.4, 0.5) is 0 Å². The molecule has 158 valence electrons. The van der Waals surface area contributed by atoms with E-state index < -0.39 is 0 Å². The molecule has 2 saturated carbocycles. The van der Waals surface area contributed by atoms with Gasteiger partial charge in [0.15, 0.2) is 0 Å². The van der Waals surface area contributed by atoms with Gasteiger partial charge < -0.3 is 0 Å². The molecule has 0 heterocycles. The van der Waals surface area contributed by atoms with Gasteiger partial charge in [-0.15, -0.1) is 0 Å². The summed E-state index contributed by atoms with van der Waals surface area (Å²) < 4.78 is 0. The van der Waals surface area contributed by atoms with E-state index in [0.29, 0.717) is 0 Å². The third kappa shape index (κ3) is 7.40. The van der Waals surface area contributed by atoms with Gasteiger partial charge in [0.2, 0.25) is 0 Å². The van der Waals surface area contributed by atoms with Crippen LogP contribution in [0.5, 0.6) is 0 Å². The van der Waals surface area contributed by atoms with Gasteiger partial charge in [-0.25, -0.2) is 0 Å². The van der Waals surface area contributed by atoms with Crippen LogP contribution in [0.15, 0.2) is 24.3 Å². The van der Waals surface area contributed by atoms with E-state index in [1.807, 2.05) is 12.1 Å². The highest BCUT2D eigenvalue weighted by atomic mass is 35.5. The molecule has 3 rings (SSSR count). The van der Waals surface area contributed by atoms with E-state index in [1.165, 1.54) is 95.5 Å². The number of aryl methyl sites for hydroxylation is 1. The molecule has 0 atom stereocenters. The minimum absolute atomic E-state index is 0.857. The Hall–Kier alpha value is -0.490. The molecule has 0 amide bonds. The Kier molecular flexibility index (Phi) is 9.72. The van der Waals surface area contributed by atoms with E-state index in [4.69, 9.17) is 11.6 Å². The fraction of sp³-hybridized carbons (Fsp3) is 0.778. The van der Waals surface area contributed by atoms with Gasteiger partial charge in [0.1, 0.15) is 0 Å². The first-order valence-corrected chi connectivity index (χ1v) is 12.9. The fourth-order valence-electron chi connectivity index (χ4n) is 5.96. The summed E-state index contributed by atoms with van der Waals surface area (Å²) in [4.78, 5) is 0. The summed E-state index contributed by atoms with van der Waals surface area (Å²) >= 11 is 6.00. The number of halogens is 1. The Morgan fingerprint density at radius 2 is 1.21 bits per heavy atom. The largest absolute Gasteiger partial charge is 0.0843 e. The molecule has 0 aliphatic heterocycles. The van der Waals surface area contributed by atoms with Crippen molar-refractivity contribution in [3.05, 3.63) is 34.9 Å². The second-order valence-corrected chi connectivity index (χ2v) is 10.4. The van der Waals surface area contributed by atoms with Gasteiger partial charge in [-0.05, 0) is 79.9 Å². The SMILES string of the molecule is CCCCCCCC1CCC(C2CCC(CCc3ccc(Cl)cc3)CC2)CC1. The van der Waals surface area contributed by atoms with Crippen molar-refractivity contribution in [2.45, 2.75) is 110 Å². The number of rotatable bonds is 10. The molecule has 2 fully saturated rings. The van der Waals surface area contributed by atoms with Crippen LogP contribution in [0.2, 0.25) is 5.02 Å². The van der Waals surface area contributed by atoms with Crippen molar-refractivity contribution >= 4 is 11.6 Å². The molecular formula is C27H43Cl. The zero-order valence-electron chi connectivity index (χ0n) is 18.3. The summed E-state index contributed by atoms with van der Waals surface area (Å²) in [5.74, 6) is 4.14. The van der Waals surface area contributed by atoms with Crippen LogP contribution in [-0.2, 0) is 6.42 Å².